The van der Waals surface area contributed by atoms with Gasteiger partial charge in [0.1, 0.15) is 5.75 Å². The summed E-state index contributed by atoms with van der Waals surface area (Å²) in [6, 6.07) is 7.22. The number of hydrogen-bond donors (Lipinski definition) is 2. The number of nitrogen functional groups attached to an aromatic ring is 1. The quantitative estimate of drug-likeness (QED) is 0.746. The van der Waals surface area contributed by atoms with E-state index in [1.54, 1.807) is 12.1 Å². The number of nitrogens with two attached hydrogens (primary N) is 1. The molecular weight excluding hydrogens is 270 g/mol. The van der Waals surface area contributed by atoms with Gasteiger partial charge in [-0.15, -0.1) is 0 Å². The number of amides is 1. The van der Waals surface area contributed by atoms with E-state index in [0.29, 0.717) is 11.4 Å². The molecule has 1 aromatic carbocycles. The molecule has 2 rings (SSSR count). The van der Waals surface area contributed by atoms with Crippen molar-refractivity contribution in [2.75, 3.05) is 45.2 Å². The molecular formula is C15H23N3O3. The van der Waals surface area contributed by atoms with Crippen LogP contribution in [0, 0.1) is 0 Å². The molecule has 1 saturated heterocycles. The molecule has 116 valence electrons. The SMILES string of the molecule is CC(CN1CCOCC1)NC(=O)COc1ccccc1N. The third kappa shape index (κ3) is 5.24. The lowest BCUT2D eigenvalue weighted by Gasteiger charge is -2.29. The molecule has 6 heteroatoms. The Bertz CT molecular complexity index is 461. The number of hydrogen-bond acceptors (Lipinski definition) is 5. The average Bonchev–Trinajstić information content (AvgIpc) is 2.47. The molecule has 0 aliphatic carbocycles. The smallest absolute Gasteiger partial charge is 0.258 e. The first-order valence-electron chi connectivity index (χ1n) is 7.22. The maximum Gasteiger partial charge on any atom is 0.258 e. The minimum Gasteiger partial charge on any atom is -0.482 e. The largest absolute Gasteiger partial charge is 0.482 e. The number of carbonyl (C=O) groups excluding carboxylic acids is 1. The molecule has 1 aromatic rings. The highest BCUT2D eigenvalue weighted by Crippen LogP contribution is 2.19. The summed E-state index contributed by atoms with van der Waals surface area (Å²) in [6.07, 6.45) is 0. The van der Waals surface area contributed by atoms with Gasteiger partial charge in [0.05, 0.1) is 18.9 Å². The lowest BCUT2D eigenvalue weighted by molar-refractivity contribution is -0.123. The van der Waals surface area contributed by atoms with E-state index in [1.807, 2.05) is 19.1 Å². The predicted molar refractivity (Wildman–Crippen MR) is 81.2 cm³/mol. The summed E-state index contributed by atoms with van der Waals surface area (Å²) in [4.78, 5) is 14.1. The fraction of sp³-hybridized carbons (Fsp3) is 0.533. The third-order valence-electron chi connectivity index (χ3n) is 3.32. The average molecular weight is 293 g/mol. The molecule has 1 aliphatic heterocycles. The Morgan fingerprint density at radius 1 is 1.43 bits per heavy atom. The number of nitrogens with one attached hydrogen (secondary N) is 1. The van der Waals surface area contributed by atoms with E-state index in [-0.39, 0.29) is 18.6 Å². The highest BCUT2D eigenvalue weighted by Gasteiger charge is 2.15. The topological polar surface area (TPSA) is 76.8 Å². The molecule has 1 atom stereocenters. The Labute approximate surface area is 125 Å². The summed E-state index contributed by atoms with van der Waals surface area (Å²) in [5.41, 5.74) is 6.29. The molecule has 1 fully saturated rings. The number of rotatable bonds is 6. The van der Waals surface area contributed by atoms with Gasteiger partial charge in [-0.1, -0.05) is 12.1 Å². The highest BCUT2D eigenvalue weighted by atomic mass is 16.5. The van der Waals surface area contributed by atoms with Crippen LogP contribution < -0.4 is 15.8 Å². The maximum absolute atomic E-state index is 11.9. The fourth-order valence-electron chi connectivity index (χ4n) is 2.29. The fourth-order valence-corrected chi connectivity index (χ4v) is 2.29. The molecule has 0 bridgehead atoms. The first-order chi connectivity index (χ1) is 10.1. The zero-order valence-electron chi connectivity index (χ0n) is 12.4. The summed E-state index contributed by atoms with van der Waals surface area (Å²) in [7, 11) is 0. The minimum atomic E-state index is -0.140. The minimum absolute atomic E-state index is 0.0261. The van der Waals surface area contributed by atoms with Crippen molar-refractivity contribution in [1.82, 2.24) is 10.2 Å². The van der Waals surface area contributed by atoms with Crippen LogP contribution in [0.4, 0.5) is 5.69 Å². The van der Waals surface area contributed by atoms with Crippen molar-refractivity contribution >= 4 is 11.6 Å². The van der Waals surface area contributed by atoms with Crippen LogP contribution in [0.2, 0.25) is 0 Å². The van der Waals surface area contributed by atoms with Crippen LogP contribution in [0.5, 0.6) is 5.75 Å². The molecule has 0 spiro atoms. The molecule has 1 heterocycles. The zero-order chi connectivity index (χ0) is 15.1. The summed E-state index contributed by atoms with van der Waals surface area (Å²) in [5.74, 6) is 0.396. The molecule has 0 saturated carbocycles. The Kier molecular flexibility index (Phi) is 5.83. The number of ether oxygens (including phenoxy) is 2. The number of nitrogens with zero attached hydrogens (tertiary/aromatic N) is 1. The Morgan fingerprint density at radius 2 is 2.14 bits per heavy atom. The van der Waals surface area contributed by atoms with Crippen LogP contribution in [-0.2, 0) is 9.53 Å². The number of morpholine rings is 1. The van der Waals surface area contributed by atoms with E-state index in [0.717, 1.165) is 32.8 Å². The predicted octanol–water partition coefficient (Wildman–Crippen LogP) is 0.485. The van der Waals surface area contributed by atoms with Gasteiger partial charge >= 0.3 is 0 Å². The van der Waals surface area contributed by atoms with Crippen molar-refractivity contribution < 1.29 is 14.3 Å². The van der Waals surface area contributed by atoms with Crippen LogP contribution >= 0.6 is 0 Å². The van der Waals surface area contributed by atoms with Gasteiger partial charge < -0.3 is 20.5 Å². The van der Waals surface area contributed by atoms with Crippen molar-refractivity contribution in [3.63, 3.8) is 0 Å². The standard InChI is InChI=1S/C15H23N3O3/c1-12(10-18-6-8-20-9-7-18)17-15(19)11-21-14-5-3-2-4-13(14)16/h2-5,12H,6-11,16H2,1H3,(H,17,19). The van der Waals surface area contributed by atoms with Crippen LogP contribution in [-0.4, -0.2) is 56.3 Å². The van der Waals surface area contributed by atoms with Crippen LogP contribution in [0.25, 0.3) is 0 Å². The second-order valence-electron chi connectivity index (χ2n) is 5.21. The molecule has 3 N–H and O–H groups in total. The van der Waals surface area contributed by atoms with Crippen molar-refractivity contribution in [1.29, 1.82) is 0 Å². The van der Waals surface area contributed by atoms with E-state index < -0.39 is 0 Å². The van der Waals surface area contributed by atoms with Crippen molar-refractivity contribution in [2.45, 2.75) is 13.0 Å². The van der Waals surface area contributed by atoms with Gasteiger partial charge in [0.25, 0.3) is 5.91 Å². The van der Waals surface area contributed by atoms with E-state index in [4.69, 9.17) is 15.2 Å². The Hall–Kier alpha value is -1.79. The maximum atomic E-state index is 11.9. The molecule has 1 aliphatic rings. The molecule has 21 heavy (non-hydrogen) atoms. The number of carbonyl (C=O) groups is 1. The zero-order valence-corrected chi connectivity index (χ0v) is 12.4. The third-order valence-corrected chi connectivity index (χ3v) is 3.32. The lowest BCUT2D eigenvalue weighted by atomic mass is 10.3. The molecule has 1 amide bonds. The van der Waals surface area contributed by atoms with Crippen LogP contribution in [0.15, 0.2) is 24.3 Å². The van der Waals surface area contributed by atoms with Gasteiger partial charge in [0.15, 0.2) is 6.61 Å². The van der Waals surface area contributed by atoms with E-state index >= 15 is 0 Å². The van der Waals surface area contributed by atoms with E-state index in [9.17, 15) is 4.79 Å². The summed E-state index contributed by atoms with van der Waals surface area (Å²) in [5, 5.41) is 2.93. The highest BCUT2D eigenvalue weighted by molar-refractivity contribution is 5.78. The van der Waals surface area contributed by atoms with Crippen molar-refractivity contribution in [3.8, 4) is 5.75 Å². The van der Waals surface area contributed by atoms with Gasteiger partial charge in [0.2, 0.25) is 0 Å². The number of anilines is 1. The summed E-state index contributed by atoms with van der Waals surface area (Å²) in [6.45, 7) is 6.14. The summed E-state index contributed by atoms with van der Waals surface area (Å²) >= 11 is 0. The van der Waals surface area contributed by atoms with Crippen molar-refractivity contribution in [2.24, 2.45) is 0 Å². The lowest BCUT2D eigenvalue weighted by Crippen LogP contribution is -2.46. The Balaban J connectivity index is 1.70. The van der Waals surface area contributed by atoms with Gasteiger partial charge in [-0.05, 0) is 19.1 Å². The number of benzene rings is 1. The monoisotopic (exact) mass is 293 g/mol. The molecule has 0 radical (unpaired) electrons. The first kappa shape index (κ1) is 15.6. The van der Waals surface area contributed by atoms with Gasteiger partial charge in [0, 0.05) is 25.7 Å². The molecule has 6 nitrogen and oxygen atoms in total. The van der Waals surface area contributed by atoms with E-state index in [1.165, 1.54) is 0 Å². The van der Waals surface area contributed by atoms with E-state index in [2.05, 4.69) is 10.2 Å². The second-order valence-corrected chi connectivity index (χ2v) is 5.21. The van der Waals surface area contributed by atoms with Gasteiger partial charge in [-0.2, -0.15) is 0 Å². The normalized spacial score (nSPS) is 17.2. The second kappa shape index (κ2) is 7.85. The van der Waals surface area contributed by atoms with Gasteiger partial charge in [-0.3, -0.25) is 9.69 Å². The van der Waals surface area contributed by atoms with Crippen LogP contribution in [0.3, 0.4) is 0 Å². The molecule has 1 unspecified atom stereocenters. The Morgan fingerprint density at radius 3 is 2.86 bits per heavy atom. The molecule has 0 aromatic heterocycles. The summed E-state index contributed by atoms with van der Waals surface area (Å²) < 4.78 is 10.7. The first-order valence-corrected chi connectivity index (χ1v) is 7.22. The van der Waals surface area contributed by atoms with Crippen molar-refractivity contribution in [3.05, 3.63) is 24.3 Å². The number of para-hydroxylation sites is 2. The van der Waals surface area contributed by atoms with Gasteiger partial charge in [-0.25, -0.2) is 0 Å². The van der Waals surface area contributed by atoms with Crippen LogP contribution in [0.1, 0.15) is 6.92 Å².